The Kier molecular flexibility index (Phi) is 3.70. The minimum Gasteiger partial charge on any atom is -0.365 e. The summed E-state index contributed by atoms with van der Waals surface area (Å²) in [4.78, 5) is 21.1. The van der Waals surface area contributed by atoms with Crippen molar-refractivity contribution in [3.05, 3.63) is 23.8 Å². The van der Waals surface area contributed by atoms with Crippen LogP contribution < -0.4 is 5.32 Å². The van der Waals surface area contributed by atoms with Gasteiger partial charge in [-0.3, -0.25) is 4.79 Å². The summed E-state index contributed by atoms with van der Waals surface area (Å²) in [7, 11) is 0. The number of nitrogens with one attached hydrogen (secondary N) is 1. The zero-order valence-electron chi connectivity index (χ0n) is 12.0. The molecule has 0 aromatic carbocycles. The van der Waals surface area contributed by atoms with Crippen LogP contribution in [0.4, 0.5) is 0 Å². The molecular weight excluding hydrogens is 254 g/mol. The van der Waals surface area contributed by atoms with Crippen molar-refractivity contribution >= 4 is 5.91 Å². The van der Waals surface area contributed by atoms with Gasteiger partial charge < -0.3 is 10.1 Å². The maximum Gasteiger partial charge on any atom is 0.249 e. The summed E-state index contributed by atoms with van der Waals surface area (Å²) in [6, 6.07) is 1.80. The van der Waals surface area contributed by atoms with Crippen LogP contribution >= 0.6 is 0 Å². The Morgan fingerprint density at radius 2 is 2.20 bits per heavy atom. The highest BCUT2D eigenvalue weighted by molar-refractivity contribution is 5.81. The van der Waals surface area contributed by atoms with Gasteiger partial charge in [-0.25, -0.2) is 9.97 Å². The van der Waals surface area contributed by atoms with Gasteiger partial charge in [-0.2, -0.15) is 0 Å². The highest BCUT2D eigenvalue weighted by atomic mass is 16.5. The molecule has 1 aliphatic heterocycles. The maximum absolute atomic E-state index is 12.3. The van der Waals surface area contributed by atoms with Crippen molar-refractivity contribution in [2.24, 2.45) is 5.92 Å². The molecule has 2 fully saturated rings. The lowest BCUT2D eigenvalue weighted by molar-refractivity contribution is -0.132. The first-order valence-corrected chi connectivity index (χ1v) is 7.39. The highest BCUT2D eigenvalue weighted by Crippen LogP contribution is 2.40. The van der Waals surface area contributed by atoms with Crippen molar-refractivity contribution in [3.63, 3.8) is 0 Å². The molecule has 1 saturated carbocycles. The van der Waals surface area contributed by atoms with Gasteiger partial charge in [-0.05, 0) is 51.5 Å². The van der Waals surface area contributed by atoms with Gasteiger partial charge in [0.1, 0.15) is 6.10 Å². The average molecular weight is 275 g/mol. The Balaban J connectivity index is 1.70. The number of aryl methyl sites for hydroxylation is 1. The number of amides is 1. The first kappa shape index (κ1) is 13.5. The van der Waals surface area contributed by atoms with E-state index in [4.69, 9.17) is 4.74 Å². The Morgan fingerprint density at radius 3 is 2.80 bits per heavy atom. The number of aromatic nitrogens is 2. The first-order valence-electron chi connectivity index (χ1n) is 7.39. The molecule has 0 spiro atoms. The number of ether oxygens (including phenoxy) is 1. The molecule has 1 amide bonds. The van der Waals surface area contributed by atoms with E-state index in [1.807, 2.05) is 19.9 Å². The van der Waals surface area contributed by atoms with Crippen LogP contribution in [0.3, 0.4) is 0 Å². The molecule has 3 rings (SSSR count). The fraction of sp³-hybridized carbons (Fsp3) is 0.667. The largest absolute Gasteiger partial charge is 0.365 e. The maximum atomic E-state index is 12.3. The molecule has 0 unspecified atom stereocenters. The molecule has 1 N–H and O–H groups in total. The van der Waals surface area contributed by atoms with Crippen LogP contribution in [0.1, 0.15) is 50.2 Å². The van der Waals surface area contributed by atoms with Crippen molar-refractivity contribution in [2.45, 2.75) is 57.8 Å². The lowest BCUT2D eigenvalue weighted by Gasteiger charge is -2.19. The zero-order chi connectivity index (χ0) is 14.1. The molecule has 0 radical (unpaired) electrons. The quantitative estimate of drug-likeness (QED) is 0.911. The summed E-state index contributed by atoms with van der Waals surface area (Å²) in [5, 5.41) is 3.10. The first-order chi connectivity index (χ1) is 9.63. The molecule has 2 aliphatic rings. The molecule has 3 atom stereocenters. The van der Waals surface area contributed by atoms with E-state index in [1.165, 1.54) is 0 Å². The lowest BCUT2D eigenvalue weighted by Crippen LogP contribution is -2.38. The topological polar surface area (TPSA) is 64.1 Å². The van der Waals surface area contributed by atoms with Crippen LogP contribution in [0, 0.1) is 12.8 Å². The standard InChI is InChI=1S/C15H21N3O2/c1-9-7-8-16-14(17-9)13(11-4-5-11)18-15(19)12-6-3-10(2)20-12/h7-8,10-13H,3-6H2,1-2H3,(H,18,19)/t10-,12+,13-/m1/s1. The summed E-state index contributed by atoms with van der Waals surface area (Å²) in [5.41, 5.74) is 0.931. The van der Waals surface area contributed by atoms with Crippen LogP contribution in [-0.4, -0.2) is 28.1 Å². The van der Waals surface area contributed by atoms with E-state index in [-0.39, 0.29) is 24.2 Å². The fourth-order valence-corrected chi connectivity index (χ4v) is 2.68. The third-order valence-corrected chi connectivity index (χ3v) is 4.01. The highest BCUT2D eigenvalue weighted by Gasteiger charge is 2.37. The molecule has 1 aromatic heterocycles. The predicted octanol–water partition coefficient (Wildman–Crippen LogP) is 1.92. The van der Waals surface area contributed by atoms with Crippen LogP contribution in [0.2, 0.25) is 0 Å². The van der Waals surface area contributed by atoms with Crippen molar-refractivity contribution in [1.82, 2.24) is 15.3 Å². The molecule has 1 aliphatic carbocycles. The van der Waals surface area contributed by atoms with Crippen molar-refractivity contribution in [2.75, 3.05) is 0 Å². The Hall–Kier alpha value is -1.49. The number of carbonyl (C=O) groups excluding carboxylic acids is 1. The van der Waals surface area contributed by atoms with Gasteiger partial charge in [0.15, 0.2) is 5.82 Å². The molecular formula is C15H21N3O2. The third-order valence-electron chi connectivity index (χ3n) is 4.01. The van der Waals surface area contributed by atoms with E-state index >= 15 is 0 Å². The lowest BCUT2D eigenvalue weighted by atomic mass is 10.1. The molecule has 5 heteroatoms. The number of hydrogen-bond acceptors (Lipinski definition) is 4. The molecule has 108 valence electrons. The number of nitrogens with zero attached hydrogens (tertiary/aromatic N) is 2. The molecule has 20 heavy (non-hydrogen) atoms. The Bertz CT molecular complexity index is 502. The normalized spacial score (nSPS) is 27.3. The second kappa shape index (κ2) is 5.48. The second-order valence-electron chi connectivity index (χ2n) is 5.89. The van der Waals surface area contributed by atoms with E-state index in [1.54, 1.807) is 6.20 Å². The van der Waals surface area contributed by atoms with Gasteiger partial charge >= 0.3 is 0 Å². The van der Waals surface area contributed by atoms with Gasteiger partial charge in [-0.15, -0.1) is 0 Å². The molecule has 1 saturated heterocycles. The minimum absolute atomic E-state index is 0.0173. The summed E-state index contributed by atoms with van der Waals surface area (Å²) >= 11 is 0. The average Bonchev–Trinajstić information content (AvgIpc) is 3.17. The molecule has 5 nitrogen and oxygen atoms in total. The smallest absolute Gasteiger partial charge is 0.249 e. The molecule has 2 heterocycles. The monoisotopic (exact) mass is 275 g/mol. The van der Waals surface area contributed by atoms with Gasteiger partial charge in [0.05, 0.1) is 12.1 Å². The minimum atomic E-state index is -0.309. The third kappa shape index (κ3) is 2.98. The summed E-state index contributed by atoms with van der Waals surface area (Å²) in [5.74, 6) is 1.18. The van der Waals surface area contributed by atoms with Gasteiger partial charge in [0, 0.05) is 11.9 Å². The Morgan fingerprint density at radius 1 is 1.40 bits per heavy atom. The van der Waals surface area contributed by atoms with Crippen molar-refractivity contribution in [1.29, 1.82) is 0 Å². The summed E-state index contributed by atoms with van der Waals surface area (Å²) in [6.45, 7) is 3.95. The molecule has 1 aromatic rings. The van der Waals surface area contributed by atoms with Gasteiger partial charge in [0.25, 0.3) is 0 Å². The fourth-order valence-electron chi connectivity index (χ4n) is 2.68. The van der Waals surface area contributed by atoms with E-state index in [9.17, 15) is 4.79 Å². The SMILES string of the molecule is Cc1ccnc([C@H](NC(=O)[C@@H]2CC[C@@H](C)O2)C2CC2)n1. The van der Waals surface area contributed by atoms with Crippen molar-refractivity contribution < 1.29 is 9.53 Å². The number of carbonyl (C=O) groups is 1. The predicted molar refractivity (Wildman–Crippen MR) is 73.9 cm³/mol. The van der Waals surface area contributed by atoms with Crippen LogP contribution in [0.25, 0.3) is 0 Å². The number of rotatable bonds is 4. The van der Waals surface area contributed by atoms with E-state index in [0.717, 1.165) is 37.2 Å². The van der Waals surface area contributed by atoms with E-state index < -0.39 is 0 Å². The van der Waals surface area contributed by atoms with Crippen LogP contribution in [0.5, 0.6) is 0 Å². The summed E-state index contributed by atoms with van der Waals surface area (Å²) < 4.78 is 5.63. The zero-order valence-corrected chi connectivity index (χ0v) is 12.0. The van der Waals surface area contributed by atoms with E-state index in [2.05, 4.69) is 15.3 Å². The van der Waals surface area contributed by atoms with Crippen LogP contribution in [-0.2, 0) is 9.53 Å². The second-order valence-corrected chi connectivity index (χ2v) is 5.89. The van der Waals surface area contributed by atoms with Crippen LogP contribution in [0.15, 0.2) is 12.3 Å². The van der Waals surface area contributed by atoms with Gasteiger partial charge in [-0.1, -0.05) is 0 Å². The van der Waals surface area contributed by atoms with Crippen molar-refractivity contribution in [3.8, 4) is 0 Å². The van der Waals surface area contributed by atoms with E-state index in [0.29, 0.717) is 5.92 Å². The summed E-state index contributed by atoms with van der Waals surface area (Å²) in [6.07, 6.45) is 5.64. The Labute approximate surface area is 119 Å². The van der Waals surface area contributed by atoms with Gasteiger partial charge in [0.2, 0.25) is 5.91 Å². The molecule has 0 bridgehead atoms. The number of hydrogen-bond donors (Lipinski definition) is 1.